The highest BCUT2D eigenvalue weighted by Crippen LogP contribution is 2.29. The zero-order chi connectivity index (χ0) is 16.7. The van der Waals surface area contributed by atoms with Gasteiger partial charge in [0, 0.05) is 11.8 Å². The highest BCUT2D eigenvalue weighted by Gasteiger charge is 2.28. The lowest BCUT2D eigenvalue weighted by Crippen LogP contribution is -2.31. The molecule has 0 saturated heterocycles. The number of rotatable bonds is 15. The molecule has 0 fully saturated rings. The number of hydrogen-bond acceptors (Lipinski definition) is 3. The van der Waals surface area contributed by atoms with Gasteiger partial charge in [-0.3, -0.25) is 4.79 Å². The molecular weight excluding hydrogens is 276 g/mol. The Morgan fingerprint density at radius 1 is 0.909 bits per heavy atom. The van der Waals surface area contributed by atoms with Gasteiger partial charge in [-0.05, 0) is 19.3 Å². The maximum Gasteiger partial charge on any atom is 0.305 e. The summed E-state index contributed by atoms with van der Waals surface area (Å²) in [6.45, 7) is 6.91. The molecule has 0 aromatic heterocycles. The van der Waals surface area contributed by atoms with Crippen molar-refractivity contribution in [2.24, 2.45) is 5.41 Å². The SMILES string of the molecule is CCCCCCCCCC(=O)OCC(CC)(CO)CCCC. The zero-order valence-corrected chi connectivity index (χ0v) is 15.2. The Kier molecular flexibility index (Phi) is 13.7. The molecule has 0 aliphatic rings. The minimum Gasteiger partial charge on any atom is -0.465 e. The molecule has 0 radical (unpaired) electrons. The van der Waals surface area contributed by atoms with E-state index >= 15 is 0 Å². The lowest BCUT2D eigenvalue weighted by atomic mass is 9.82. The van der Waals surface area contributed by atoms with E-state index in [-0.39, 0.29) is 18.0 Å². The Bertz CT molecular complexity index is 259. The van der Waals surface area contributed by atoms with Crippen molar-refractivity contribution >= 4 is 5.97 Å². The van der Waals surface area contributed by atoms with Gasteiger partial charge in [0.1, 0.15) is 0 Å². The highest BCUT2D eigenvalue weighted by atomic mass is 16.5. The molecule has 3 heteroatoms. The minimum absolute atomic E-state index is 0.101. The van der Waals surface area contributed by atoms with E-state index in [2.05, 4.69) is 20.8 Å². The first-order chi connectivity index (χ1) is 10.6. The van der Waals surface area contributed by atoms with E-state index in [9.17, 15) is 9.90 Å². The average molecular weight is 315 g/mol. The highest BCUT2D eigenvalue weighted by molar-refractivity contribution is 5.69. The second-order valence-corrected chi connectivity index (χ2v) is 6.65. The molecule has 1 atom stereocenters. The van der Waals surface area contributed by atoms with Crippen molar-refractivity contribution < 1.29 is 14.6 Å². The van der Waals surface area contributed by atoms with E-state index in [1.807, 2.05) is 0 Å². The van der Waals surface area contributed by atoms with Crippen LogP contribution in [0.2, 0.25) is 0 Å². The van der Waals surface area contributed by atoms with E-state index in [1.54, 1.807) is 0 Å². The van der Waals surface area contributed by atoms with Crippen LogP contribution in [0.25, 0.3) is 0 Å². The van der Waals surface area contributed by atoms with Gasteiger partial charge in [0.05, 0.1) is 13.2 Å². The lowest BCUT2D eigenvalue weighted by molar-refractivity contribution is -0.148. The molecule has 1 N–H and O–H groups in total. The van der Waals surface area contributed by atoms with Crippen LogP contribution in [0.1, 0.15) is 97.8 Å². The first-order valence-corrected chi connectivity index (χ1v) is 9.40. The maximum atomic E-state index is 11.8. The third-order valence-corrected chi connectivity index (χ3v) is 4.67. The van der Waals surface area contributed by atoms with Gasteiger partial charge >= 0.3 is 5.97 Å². The molecule has 0 aromatic rings. The van der Waals surface area contributed by atoms with Crippen molar-refractivity contribution in [2.75, 3.05) is 13.2 Å². The second kappa shape index (κ2) is 14.0. The van der Waals surface area contributed by atoms with Crippen LogP contribution in [-0.2, 0) is 9.53 Å². The molecule has 1 unspecified atom stereocenters. The fourth-order valence-electron chi connectivity index (χ4n) is 2.67. The summed E-state index contributed by atoms with van der Waals surface area (Å²) in [7, 11) is 0. The first-order valence-electron chi connectivity index (χ1n) is 9.40. The Labute approximate surface area is 137 Å². The van der Waals surface area contributed by atoms with Gasteiger partial charge in [-0.25, -0.2) is 0 Å². The molecule has 0 aliphatic heterocycles. The van der Waals surface area contributed by atoms with Crippen LogP contribution in [-0.4, -0.2) is 24.3 Å². The summed E-state index contributed by atoms with van der Waals surface area (Å²) in [6, 6.07) is 0. The Morgan fingerprint density at radius 2 is 1.50 bits per heavy atom. The van der Waals surface area contributed by atoms with Crippen molar-refractivity contribution in [3.8, 4) is 0 Å². The summed E-state index contributed by atoms with van der Waals surface area (Å²) in [6.07, 6.45) is 12.9. The van der Waals surface area contributed by atoms with E-state index in [1.165, 1.54) is 32.1 Å². The third kappa shape index (κ3) is 10.2. The van der Waals surface area contributed by atoms with Gasteiger partial charge in [0.2, 0.25) is 0 Å². The lowest BCUT2D eigenvalue weighted by Gasteiger charge is -2.30. The number of ether oxygens (including phenoxy) is 1. The van der Waals surface area contributed by atoms with Gasteiger partial charge in [-0.15, -0.1) is 0 Å². The Balaban J connectivity index is 3.80. The molecule has 0 aromatic carbocycles. The second-order valence-electron chi connectivity index (χ2n) is 6.65. The van der Waals surface area contributed by atoms with Gasteiger partial charge < -0.3 is 9.84 Å². The summed E-state index contributed by atoms with van der Waals surface area (Å²) in [4.78, 5) is 11.8. The van der Waals surface area contributed by atoms with E-state index in [4.69, 9.17) is 4.74 Å². The molecule has 0 heterocycles. The van der Waals surface area contributed by atoms with Crippen LogP contribution >= 0.6 is 0 Å². The number of unbranched alkanes of at least 4 members (excludes halogenated alkanes) is 7. The van der Waals surface area contributed by atoms with Crippen molar-refractivity contribution in [3.05, 3.63) is 0 Å². The molecule has 0 rings (SSSR count). The molecule has 3 nitrogen and oxygen atoms in total. The predicted molar refractivity (Wildman–Crippen MR) is 92.9 cm³/mol. The zero-order valence-electron chi connectivity index (χ0n) is 15.2. The fraction of sp³-hybridized carbons (Fsp3) is 0.947. The normalized spacial score (nSPS) is 13.8. The summed E-state index contributed by atoms with van der Waals surface area (Å²) in [5.41, 5.74) is -0.230. The predicted octanol–water partition coefficient (Wildman–Crippen LogP) is 5.25. The topological polar surface area (TPSA) is 46.5 Å². The van der Waals surface area contributed by atoms with Gasteiger partial charge in [-0.1, -0.05) is 72.1 Å². The fourth-order valence-corrected chi connectivity index (χ4v) is 2.67. The number of aliphatic hydroxyl groups is 1. The number of aliphatic hydroxyl groups excluding tert-OH is 1. The molecule has 0 aliphatic carbocycles. The third-order valence-electron chi connectivity index (χ3n) is 4.67. The van der Waals surface area contributed by atoms with Crippen molar-refractivity contribution in [2.45, 2.75) is 97.8 Å². The summed E-state index contributed by atoms with van der Waals surface area (Å²) < 4.78 is 5.43. The van der Waals surface area contributed by atoms with Crippen molar-refractivity contribution in [3.63, 3.8) is 0 Å². The van der Waals surface area contributed by atoms with E-state index in [0.29, 0.717) is 13.0 Å². The molecule has 0 bridgehead atoms. The van der Waals surface area contributed by atoms with Crippen LogP contribution < -0.4 is 0 Å². The van der Waals surface area contributed by atoms with Crippen LogP contribution in [0.4, 0.5) is 0 Å². The quantitative estimate of drug-likeness (QED) is 0.332. The van der Waals surface area contributed by atoms with Gasteiger partial charge in [-0.2, -0.15) is 0 Å². The number of carbonyl (C=O) groups excluding carboxylic acids is 1. The minimum atomic E-state index is -0.230. The number of hydrogen-bond donors (Lipinski definition) is 1. The molecule has 0 amide bonds. The Morgan fingerprint density at radius 3 is 2.05 bits per heavy atom. The Hall–Kier alpha value is -0.570. The first kappa shape index (κ1) is 21.4. The van der Waals surface area contributed by atoms with Crippen molar-refractivity contribution in [1.82, 2.24) is 0 Å². The largest absolute Gasteiger partial charge is 0.465 e. The summed E-state index contributed by atoms with van der Waals surface area (Å²) in [5, 5.41) is 9.64. The molecule has 0 saturated carbocycles. The molecule has 22 heavy (non-hydrogen) atoms. The van der Waals surface area contributed by atoms with E-state index in [0.717, 1.165) is 38.5 Å². The monoisotopic (exact) mass is 314 g/mol. The number of carbonyl (C=O) groups is 1. The molecule has 0 spiro atoms. The van der Waals surface area contributed by atoms with Crippen molar-refractivity contribution in [1.29, 1.82) is 0 Å². The maximum absolute atomic E-state index is 11.8. The van der Waals surface area contributed by atoms with Crippen LogP contribution in [0.15, 0.2) is 0 Å². The molecular formula is C19H38O3. The summed E-state index contributed by atoms with van der Waals surface area (Å²) in [5.74, 6) is -0.101. The molecule has 132 valence electrons. The van der Waals surface area contributed by atoms with Crippen LogP contribution in [0.3, 0.4) is 0 Å². The average Bonchev–Trinajstić information content (AvgIpc) is 2.55. The van der Waals surface area contributed by atoms with Crippen LogP contribution in [0.5, 0.6) is 0 Å². The summed E-state index contributed by atoms with van der Waals surface area (Å²) >= 11 is 0. The smallest absolute Gasteiger partial charge is 0.305 e. The van der Waals surface area contributed by atoms with E-state index < -0.39 is 0 Å². The number of esters is 1. The van der Waals surface area contributed by atoms with Gasteiger partial charge in [0.25, 0.3) is 0 Å². The van der Waals surface area contributed by atoms with Crippen LogP contribution in [0, 0.1) is 5.41 Å². The van der Waals surface area contributed by atoms with Gasteiger partial charge in [0.15, 0.2) is 0 Å². The standard InChI is InChI=1S/C19H38O3/c1-4-7-9-10-11-12-13-14-18(21)22-17-19(6-3,16-20)15-8-5-2/h20H,4-17H2,1-3H3.